The van der Waals surface area contributed by atoms with Crippen LogP contribution in [0.1, 0.15) is 20.8 Å². The zero-order valence-electron chi connectivity index (χ0n) is 7.51. The van der Waals surface area contributed by atoms with E-state index in [0.29, 0.717) is 5.92 Å². The van der Waals surface area contributed by atoms with Crippen LogP contribution >= 0.6 is 0 Å². The van der Waals surface area contributed by atoms with Crippen LogP contribution in [0.5, 0.6) is 0 Å². The van der Waals surface area contributed by atoms with Crippen LogP contribution in [0.25, 0.3) is 0 Å². The molecule has 0 aromatic heterocycles. The summed E-state index contributed by atoms with van der Waals surface area (Å²) in [5.41, 5.74) is 0. The highest BCUT2D eigenvalue weighted by atomic mass is 16.2. The van der Waals surface area contributed by atoms with E-state index in [-0.39, 0.29) is 11.8 Å². The molecular weight excluding hydrogens is 126 g/mol. The zero-order chi connectivity index (χ0) is 8.31. The first-order chi connectivity index (χ1) is 4.46. The van der Waals surface area contributed by atoms with Crippen molar-refractivity contribution >= 4 is 5.91 Å². The van der Waals surface area contributed by atoms with Gasteiger partial charge in [0.1, 0.15) is 0 Å². The van der Waals surface area contributed by atoms with Crippen molar-refractivity contribution in [1.82, 2.24) is 4.90 Å². The number of carbonyl (C=O) groups is 1. The molecule has 0 N–H and O–H groups in total. The molecule has 0 aliphatic rings. The van der Waals surface area contributed by atoms with Gasteiger partial charge in [0.2, 0.25) is 5.91 Å². The Balaban J connectivity index is 3.95. The van der Waals surface area contributed by atoms with Crippen LogP contribution < -0.4 is 0 Å². The molecule has 0 rings (SSSR count). The average molecular weight is 143 g/mol. The fraction of sp³-hybridized carbons (Fsp3) is 0.875. The minimum Gasteiger partial charge on any atom is -0.349 e. The molecule has 0 unspecified atom stereocenters. The molecule has 0 spiro atoms. The molecule has 0 aromatic rings. The molecule has 0 aromatic carbocycles. The van der Waals surface area contributed by atoms with E-state index < -0.39 is 0 Å². The van der Waals surface area contributed by atoms with Gasteiger partial charge in [0.15, 0.2) is 0 Å². The van der Waals surface area contributed by atoms with E-state index in [1.165, 1.54) is 0 Å². The Bertz CT molecular complexity index is 118. The maximum atomic E-state index is 11.2. The van der Waals surface area contributed by atoms with E-state index in [0.717, 1.165) is 0 Å². The van der Waals surface area contributed by atoms with Crippen LogP contribution in [-0.4, -0.2) is 24.9 Å². The lowest BCUT2D eigenvalue weighted by Gasteiger charge is -2.19. The second-order valence-corrected chi connectivity index (χ2v) is 3.27. The van der Waals surface area contributed by atoms with E-state index in [2.05, 4.69) is 13.8 Å². The van der Waals surface area contributed by atoms with Gasteiger partial charge in [0.05, 0.1) is 0 Å². The van der Waals surface area contributed by atoms with E-state index in [9.17, 15) is 4.79 Å². The van der Waals surface area contributed by atoms with Gasteiger partial charge in [-0.25, -0.2) is 0 Å². The third-order valence-electron chi connectivity index (χ3n) is 1.83. The largest absolute Gasteiger partial charge is 0.349 e. The van der Waals surface area contributed by atoms with Crippen LogP contribution in [0.3, 0.4) is 0 Å². The topological polar surface area (TPSA) is 20.3 Å². The van der Waals surface area contributed by atoms with Crippen molar-refractivity contribution in [2.24, 2.45) is 11.8 Å². The van der Waals surface area contributed by atoms with Crippen LogP contribution in [0.15, 0.2) is 0 Å². The lowest BCUT2D eigenvalue weighted by Crippen LogP contribution is -2.30. The monoisotopic (exact) mass is 143 g/mol. The van der Waals surface area contributed by atoms with Gasteiger partial charge >= 0.3 is 0 Å². The smallest absolute Gasteiger partial charge is 0.225 e. The molecule has 2 nitrogen and oxygen atoms in total. The van der Waals surface area contributed by atoms with Gasteiger partial charge in [-0.05, 0) is 5.92 Å². The van der Waals surface area contributed by atoms with Crippen molar-refractivity contribution in [3.8, 4) is 0 Å². The molecule has 1 amide bonds. The van der Waals surface area contributed by atoms with Crippen molar-refractivity contribution in [1.29, 1.82) is 0 Å². The first-order valence-corrected chi connectivity index (χ1v) is 3.68. The first kappa shape index (κ1) is 9.47. The third kappa shape index (κ3) is 2.38. The minimum absolute atomic E-state index is 0.148. The molecule has 60 valence electrons. The minimum atomic E-state index is 0.148. The predicted molar refractivity (Wildman–Crippen MR) is 42.7 cm³/mol. The molecular formula is C8H17NO. The quantitative estimate of drug-likeness (QED) is 0.571. The summed E-state index contributed by atoms with van der Waals surface area (Å²) in [6, 6.07) is 0. The van der Waals surface area contributed by atoms with Gasteiger partial charge in [0, 0.05) is 20.0 Å². The van der Waals surface area contributed by atoms with Crippen LogP contribution in [0.4, 0.5) is 0 Å². The molecule has 1 atom stereocenters. The maximum Gasteiger partial charge on any atom is 0.225 e. The van der Waals surface area contributed by atoms with Gasteiger partial charge < -0.3 is 4.90 Å². The molecule has 0 aliphatic carbocycles. The van der Waals surface area contributed by atoms with Gasteiger partial charge in [-0.3, -0.25) is 4.79 Å². The van der Waals surface area contributed by atoms with Crippen molar-refractivity contribution < 1.29 is 4.79 Å². The fourth-order valence-corrected chi connectivity index (χ4v) is 0.692. The molecule has 0 saturated carbocycles. The Labute approximate surface area is 63.2 Å². The fourth-order valence-electron chi connectivity index (χ4n) is 0.692. The van der Waals surface area contributed by atoms with Crippen LogP contribution in [-0.2, 0) is 4.79 Å². The standard InChI is InChI=1S/C8H17NO/c1-6(2)7(3)8(10)9(4)5/h6-7H,1-5H3/t7-/m1/s1. The highest BCUT2D eigenvalue weighted by Crippen LogP contribution is 2.10. The summed E-state index contributed by atoms with van der Waals surface area (Å²) in [5.74, 6) is 0.805. The highest BCUT2D eigenvalue weighted by Gasteiger charge is 2.17. The zero-order valence-corrected chi connectivity index (χ0v) is 7.51. The van der Waals surface area contributed by atoms with Gasteiger partial charge in [-0.15, -0.1) is 0 Å². The highest BCUT2D eigenvalue weighted by molar-refractivity contribution is 5.78. The van der Waals surface area contributed by atoms with Crippen molar-refractivity contribution in [2.75, 3.05) is 14.1 Å². The lowest BCUT2D eigenvalue weighted by molar-refractivity contribution is -0.133. The number of rotatable bonds is 2. The molecule has 0 heterocycles. The molecule has 10 heavy (non-hydrogen) atoms. The molecule has 0 bridgehead atoms. The van der Waals surface area contributed by atoms with E-state index in [1.807, 2.05) is 6.92 Å². The van der Waals surface area contributed by atoms with Gasteiger partial charge in [-0.2, -0.15) is 0 Å². The SMILES string of the molecule is CC(C)[C@@H](C)C(=O)N(C)C. The molecule has 0 fully saturated rings. The third-order valence-corrected chi connectivity index (χ3v) is 1.83. The summed E-state index contributed by atoms with van der Waals surface area (Å²) in [5, 5.41) is 0. The van der Waals surface area contributed by atoms with Crippen LogP contribution in [0, 0.1) is 11.8 Å². The Morgan fingerprint density at radius 3 is 1.70 bits per heavy atom. The molecule has 0 aliphatic heterocycles. The maximum absolute atomic E-state index is 11.2. The molecule has 2 heteroatoms. The van der Waals surface area contributed by atoms with Crippen molar-refractivity contribution in [2.45, 2.75) is 20.8 Å². The number of hydrogen-bond donors (Lipinski definition) is 0. The van der Waals surface area contributed by atoms with E-state index in [4.69, 9.17) is 0 Å². The Hall–Kier alpha value is -0.530. The van der Waals surface area contributed by atoms with E-state index in [1.54, 1.807) is 19.0 Å². The number of nitrogens with zero attached hydrogens (tertiary/aromatic N) is 1. The Kier molecular flexibility index (Phi) is 3.40. The van der Waals surface area contributed by atoms with Gasteiger partial charge in [0.25, 0.3) is 0 Å². The van der Waals surface area contributed by atoms with Gasteiger partial charge in [-0.1, -0.05) is 20.8 Å². The lowest BCUT2D eigenvalue weighted by atomic mass is 9.97. The summed E-state index contributed by atoms with van der Waals surface area (Å²) in [4.78, 5) is 12.9. The normalized spacial score (nSPS) is 13.4. The Morgan fingerprint density at radius 2 is 1.60 bits per heavy atom. The number of amides is 1. The second kappa shape index (κ2) is 3.59. The summed E-state index contributed by atoms with van der Waals surface area (Å²) < 4.78 is 0. The first-order valence-electron chi connectivity index (χ1n) is 3.68. The molecule has 0 radical (unpaired) electrons. The summed E-state index contributed by atoms with van der Waals surface area (Å²) in [6.45, 7) is 6.09. The van der Waals surface area contributed by atoms with Crippen LogP contribution in [0.2, 0.25) is 0 Å². The predicted octanol–water partition coefficient (Wildman–Crippen LogP) is 1.37. The van der Waals surface area contributed by atoms with E-state index >= 15 is 0 Å². The summed E-state index contributed by atoms with van der Waals surface area (Å²) in [6.07, 6.45) is 0. The molecule has 0 saturated heterocycles. The second-order valence-electron chi connectivity index (χ2n) is 3.27. The van der Waals surface area contributed by atoms with Crippen molar-refractivity contribution in [3.63, 3.8) is 0 Å². The number of carbonyl (C=O) groups excluding carboxylic acids is 1. The summed E-state index contributed by atoms with van der Waals surface area (Å²) in [7, 11) is 3.59. The number of hydrogen-bond acceptors (Lipinski definition) is 1. The van der Waals surface area contributed by atoms with Crippen molar-refractivity contribution in [3.05, 3.63) is 0 Å². The Morgan fingerprint density at radius 1 is 1.20 bits per heavy atom. The summed E-state index contributed by atoms with van der Waals surface area (Å²) >= 11 is 0. The average Bonchev–Trinajstić information content (AvgIpc) is 1.84.